The van der Waals surface area contributed by atoms with Gasteiger partial charge in [0, 0.05) is 12.0 Å². The number of carbonyl (C=O) groups excluding carboxylic acids is 2. The number of hydrogen-bond donors (Lipinski definition) is 0. The van der Waals surface area contributed by atoms with Gasteiger partial charge in [0.1, 0.15) is 13.2 Å². The van der Waals surface area contributed by atoms with Gasteiger partial charge in [-0.3, -0.25) is 4.79 Å². The van der Waals surface area contributed by atoms with E-state index in [1.165, 1.54) is 0 Å². The molecule has 7 heteroatoms. The summed E-state index contributed by atoms with van der Waals surface area (Å²) in [5, 5.41) is 0. The van der Waals surface area contributed by atoms with Crippen molar-refractivity contribution >= 4 is 11.8 Å². The zero-order valence-electron chi connectivity index (χ0n) is 14.6. The van der Waals surface area contributed by atoms with Crippen LogP contribution in [0.3, 0.4) is 0 Å². The Bertz CT molecular complexity index is 875. The minimum Gasteiger partial charge on any atom is -0.490 e. The molecule has 2 aromatic rings. The van der Waals surface area contributed by atoms with E-state index in [2.05, 4.69) is 0 Å². The minimum absolute atomic E-state index is 0.297. The first-order valence-electron chi connectivity index (χ1n) is 8.70. The summed E-state index contributed by atoms with van der Waals surface area (Å²) in [6.07, 6.45) is 0.783. The molecule has 27 heavy (non-hydrogen) atoms. The summed E-state index contributed by atoms with van der Waals surface area (Å²) in [6, 6.07) is 9.71. The molecular formula is C20H18O7. The van der Waals surface area contributed by atoms with E-state index in [1.54, 1.807) is 36.4 Å². The molecule has 0 N–H and O–H groups in total. The maximum absolute atomic E-state index is 12.4. The number of fused-ring (bicyclic) bond motifs is 2. The minimum atomic E-state index is -0.602. The zero-order chi connectivity index (χ0) is 18.6. The highest BCUT2D eigenvalue weighted by Crippen LogP contribution is 2.32. The maximum Gasteiger partial charge on any atom is 0.338 e. The molecule has 0 bridgehead atoms. The van der Waals surface area contributed by atoms with Crippen molar-refractivity contribution < 1.29 is 33.3 Å². The van der Waals surface area contributed by atoms with Gasteiger partial charge in [0.25, 0.3) is 0 Å². The zero-order valence-corrected chi connectivity index (χ0v) is 14.6. The first-order valence-corrected chi connectivity index (χ1v) is 8.70. The number of hydrogen-bond acceptors (Lipinski definition) is 7. The fraction of sp³-hybridized carbons (Fsp3) is 0.300. The van der Waals surface area contributed by atoms with Crippen LogP contribution in [0.2, 0.25) is 0 Å². The van der Waals surface area contributed by atoms with Crippen molar-refractivity contribution in [1.82, 2.24) is 0 Å². The highest BCUT2D eigenvalue weighted by Gasteiger charge is 2.18. The van der Waals surface area contributed by atoms with Crippen molar-refractivity contribution in [1.29, 1.82) is 0 Å². The summed E-state index contributed by atoms with van der Waals surface area (Å²) in [7, 11) is 0. The third kappa shape index (κ3) is 3.81. The number of rotatable bonds is 4. The Kier molecular flexibility index (Phi) is 4.82. The predicted octanol–water partition coefficient (Wildman–Crippen LogP) is 2.66. The van der Waals surface area contributed by atoms with Gasteiger partial charge in [0.15, 0.2) is 35.4 Å². The molecule has 0 amide bonds. The maximum atomic E-state index is 12.4. The molecule has 0 aliphatic carbocycles. The van der Waals surface area contributed by atoms with E-state index in [0.717, 1.165) is 6.42 Å². The van der Waals surface area contributed by atoms with Crippen molar-refractivity contribution in [3.63, 3.8) is 0 Å². The topological polar surface area (TPSA) is 80.3 Å². The Morgan fingerprint density at radius 2 is 1.30 bits per heavy atom. The van der Waals surface area contributed by atoms with Gasteiger partial charge in [-0.1, -0.05) is 0 Å². The molecule has 7 nitrogen and oxygen atoms in total. The molecule has 4 rings (SSSR count). The number of carbonyl (C=O) groups is 2. The van der Waals surface area contributed by atoms with Crippen molar-refractivity contribution in [2.45, 2.75) is 6.42 Å². The quantitative estimate of drug-likeness (QED) is 0.605. The Morgan fingerprint density at radius 1 is 0.741 bits per heavy atom. The van der Waals surface area contributed by atoms with Crippen LogP contribution in [0.25, 0.3) is 0 Å². The number of ketones is 1. The molecule has 0 saturated heterocycles. The predicted molar refractivity (Wildman–Crippen MR) is 94.1 cm³/mol. The molecule has 140 valence electrons. The summed E-state index contributed by atoms with van der Waals surface area (Å²) < 4.78 is 27.1. The lowest BCUT2D eigenvalue weighted by molar-refractivity contribution is 0.0474. The standard InChI is InChI=1S/C20H18O7/c21-15(13-2-4-16-18(10-13)24-7-1-6-23-16)12-27-20(22)14-3-5-17-19(11-14)26-9-8-25-17/h2-5,10-11H,1,6-9,12H2. The molecule has 2 aromatic carbocycles. The lowest BCUT2D eigenvalue weighted by Crippen LogP contribution is -2.17. The Labute approximate surface area is 155 Å². The third-order valence-corrected chi connectivity index (χ3v) is 4.18. The summed E-state index contributed by atoms with van der Waals surface area (Å²) in [4.78, 5) is 24.6. The Balaban J connectivity index is 1.40. The van der Waals surface area contributed by atoms with Crippen molar-refractivity contribution in [3.8, 4) is 23.0 Å². The van der Waals surface area contributed by atoms with Gasteiger partial charge in [-0.05, 0) is 36.4 Å². The summed E-state index contributed by atoms with van der Waals surface area (Å²) >= 11 is 0. The molecule has 2 aliphatic heterocycles. The van der Waals surface area contributed by atoms with E-state index in [1.807, 2.05) is 0 Å². The van der Waals surface area contributed by atoms with Gasteiger partial charge in [-0.2, -0.15) is 0 Å². The number of benzene rings is 2. The molecular weight excluding hydrogens is 352 g/mol. The first-order chi connectivity index (χ1) is 13.2. The van der Waals surface area contributed by atoms with Crippen LogP contribution in [-0.4, -0.2) is 44.8 Å². The third-order valence-electron chi connectivity index (χ3n) is 4.18. The van der Waals surface area contributed by atoms with Crippen LogP contribution in [0.1, 0.15) is 27.1 Å². The average molecular weight is 370 g/mol. The van der Waals surface area contributed by atoms with E-state index in [9.17, 15) is 9.59 Å². The molecule has 0 fully saturated rings. The van der Waals surface area contributed by atoms with Crippen LogP contribution in [0.5, 0.6) is 23.0 Å². The lowest BCUT2D eigenvalue weighted by atomic mass is 10.1. The van der Waals surface area contributed by atoms with Crippen LogP contribution in [0.15, 0.2) is 36.4 Å². The SMILES string of the molecule is O=C(COC(=O)c1ccc2c(c1)OCCO2)c1ccc2c(c1)OCCCO2. The molecule has 0 spiro atoms. The van der Waals surface area contributed by atoms with Crippen LogP contribution in [-0.2, 0) is 4.74 Å². The molecule has 0 atom stereocenters. The van der Waals surface area contributed by atoms with Crippen LogP contribution >= 0.6 is 0 Å². The van der Waals surface area contributed by atoms with Gasteiger partial charge in [-0.25, -0.2) is 4.79 Å². The van der Waals surface area contributed by atoms with Gasteiger partial charge >= 0.3 is 5.97 Å². The van der Waals surface area contributed by atoms with Gasteiger partial charge < -0.3 is 23.7 Å². The van der Waals surface area contributed by atoms with Crippen LogP contribution in [0, 0.1) is 0 Å². The normalized spacial score (nSPS) is 14.8. The second-order valence-corrected chi connectivity index (χ2v) is 6.07. The Morgan fingerprint density at radius 3 is 2.04 bits per heavy atom. The van der Waals surface area contributed by atoms with Gasteiger partial charge in [0.05, 0.1) is 18.8 Å². The van der Waals surface area contributed by atoms with Gasteiger partial charge in [0.2, 0.25) is 0 Å². The largest absolute Gasteiger partial charge is 0.490 e. The van der Waals surface area contributed by atoms with Crippen LogP contribution in [0.4, 0.5) is 0 Å². The second-order valence-electron chi connectivity index (χ2n) is 6.07. The molecule has 0 unspecified atom stereocenters. The Hall–Kier alpha value is -3.22. The summed E-state index contributed by atoms with van der Waals surface area (Å²) in [5.74, 6) is 1.28. The molecule has 0 radical (unpaired) electrons. The smallest absolute Gasteiger partial charge is 0.338 e. The highest BCUT2D eigenvalue weighted by atomic mass is 16.6. The van der Waals surface area contributed by atoms with E-state index < -0.39 is 5.97 Å². The lowest BCUT2D eigenvalue weighted by Gasteiger charge is -2.18. The number of Topliss-reactive ketones (excluding diaryl/α,β-unsaturated/α-hetero) is 1. The first kappa shape index (κ1) is 17.2. The highest BCUT2D eigenvalue weighted by molar-refractivity contribution is 6.00. The van der Waals surface area contributed by atoms with E-state index in [0.29, 0.717) is 60.6 Å². The second kappa shape index (κ2) is 7.57. The fourth-order valence-corrected chi connectivity index (χ4v) is 2.80. The van der Waals surface area contributed by atoms with Gasteiger partial charge in [-0.15, -0.1) is 0 Å². The monoisotopic (exact) mass is 370 g/mol. The van der Waals surface area contributed by atoms with E-state index >= 15 is 0 Å². The van der Waals surface area contributed by atoms with Crippen LogP contribution < -0.4 is 18.9 Å². The van der Waals surface area contributed by atoms with E-state index in [4.69, 9.17) is 23.7 Å². The van der Waals surface area contributed by atoms with Crippen molar-refractivity contribution in [2.24, 2.45) is 0 Å². The van der Waals surface area contributed by atoms with E-state index in [-0.39, 0.29) is 12.4 Å². The summed E-state index contributed by atoms with van der Waals surface area (Å²) in [6.45, 7) is 1.64. The number of ether oxygens (including phenoxy) is 5. The molecule has 2 heterocycles. The fourth-order valence-electron chi connectivity index (χ4n) is 2.80. The van der Waals surface area contributed by atoms with Crippen molar-refractivity contribution in [3.05, 3.63) is 47.5 Å². The average Bonchev–Trinajstić information content (AvgIpc) is 2.96. The number of esters is 1. The van der Waals surface area contributed by atoms with Crippen molar-refractivity contribution in [2.75, 3.05) is 33.0 Å². The molecule has 2 aliphatic rings. The molecule has 0 aromatic heterocycles. The molecule has 0 saturated carbocycles. The summed E-state index contributed by atoms with van der Waals surface area (Å²) in [5.41, 5.74) is 0.694.